The quantitative estimate of drug-likeness (QED) is 0.445. The molecule has 0 saturated heterocycles. The largest absolute Gasteiger partial charge is 0.497 e. The van der Waals surface area contributed by atoms with Gasteiger partial charge in [-0.05, 0) is 59.9 Å². The SMILES string of the molecule is COc1ccc(C2CC(=O)C3=C(C2)Nc2ccccc2N(C(=O)CCC(=O)O)C3c2ccc(F)cc2)cc1. The van der Waals surface area contributed by atoms with Gasteiger partial charge in [0.15, 0.2) is 5.78 Å². The van der Waals surface area contributed by atoms with Crippen LogP contribution in [0.15, 0.2) is 84.1 Å². The lowest BCUT2D eigenvalue weighted by molar-refractivity contribution is -0.138. The molecule has 2 atom stereocenters. The van der Waals surface area contributed by atoms with Crippen molar-refractivity contribution in [3.05, 3.63) is 101 Å². The molecule has 0 saturated carbocycles. The molecule has 1 aliphatic carbocycles. The molecule has 5 rings (SSSR count). The van der Waals surface area contributed by atoms with E-state index in [1.54, 1.807) is 31.4 Å². The van der Waals surface area contributed by atoms with Crippen LogP contribution in [-0.4, -0.2) is 29.9 Å². The van der Waals surface area contributed by atoms with Crippen molar-refractivity contribution in [1.82, 2.24) is 0 Å². The number of nitrogens with one attached hydrogen (secondary N) is 1. The van der Waals surface area contributed by atoms with Crippen molar-refractivity contribution in [3.63, 3.8) is 0 Å². The highest BCUT2D eigenvalue weighted by Crippen LogP contribution is 2.47. The molecule has 2 N–H and O–H groups in total. The number of carboxylic acids is 1. The Morgan fingerprint density at radius 2 is 1.66 bits per heavy atom. The molecule has 3 aromatic carbocycles. The number of rotatable bonds is 6. The summed E-state index contributed by atoms with van der Waals surface area (Å²) in [5.74, 6) is -1.45. The number of hydrogen-bond acceptors (Lipinski definition) is 5. The van der Waals surface area contributed by atoms with Gasteiger partial charge in [0.25, 0.3) is 0 Å². The molecule has 0 bridgehead atoms. The predicted molar refractivity (Wildman–Crippen MR) is 141 cm³/mol. The first-order valence-corrected chi connectivity index (χ1v) is 12.4. The number of Topliss-reactive ketones (excluding diaryl/α,β-unsaturated/α-hetero) is 1. The number of amides is 1. The third kappa shape index (κ3) is 4.89. The molecule has 38 heavy (non-hydrogen) atoms. The zero-order chi connectivity index (χ0) is 26.8. The minimum absolute atomic E-state index is 0.0880. The van der Waals surface area contributed by atoms with Crippen molar-refractivity contribution < 1.29 is 28.6 Å². The van der Waals surface area contributed by atoms with Gasteiger partial charge >= 0.3 is 5.97 Å². The Hall–Kier alpha value is -4.46. The van der Waals surface area contributed by atoms with E-state index in [-0.39, 0.29) is 31.0 Å². The number of carbonyl (C=O) groups is 3. The number of fused-ring (bicyclic) bond motifs is 1. The van der Waals surface area contributed by atoms with Gasteiger partial charge in [0.2, 0.25) is 5.91 Å². The van der Waals surface area contributed by atoms with Gasteiger partial charge < -0.3 is 15.2 Å². The maximum atomic E-state index is 13.9. The van der Waals surface area contributed by atoms with Crippen LogP contribution < -0.4 is 15.0 Å². The molecule has 0 fully saturated rings. The maximum Gasteiger partial charge on any atom is 0.303 e. The van der Waals surface area contributed by atoms with Crippen LogP contribution >= 0.6 is 0 Å². The zero-order valence-electron chi connectivity index (χ0n) is 20.8. The number of aliphatic carboxylic acids is 1. The van der Waals surface area contributed by atoms with Crippen LogP contribution in [0.5, 0.6) is 5.75 Å². The highest BCUT2D eigenvalue weighted by molar-refractivity contribution is 6.06. The number of ketones is 1. The van der Waals surface area contributed by atoms with Gasteiger partial charge in [-0.15, -0.1) is 0 Å². The van der Waals surface area contributed by atoms with Crippen molar-refractivity contribution in [2.24, 2.45) is 0 Å². The Labute approximate surface area is 219 Å². The number of carboxylic acid groups (broad SMARTS) is 1. The van der Waals surface area contributed by atoms with Crippen LogP contribution in [-0.2, 0) is 14.4 Å². The van der Waals surface area contributed by atoms with E-state index >= 15 is 0 Å². The molecule has 8 heteroatoms. The standard InChI is InChI=1S/C30H27FN2O5/c1-38-22-12-8-18(9-13-22)20-16-24-29(26(34)17-20)30(19-6-10-21(31)11-7-19)33(27(35)14-15-28(36)37)25-5-3-2-4-23(25)32-24/h2-13,20,30,32H,14-17H2,1H3,(H,36,37). The molecule has 2 unspecified atom stereocenters. The lowest BCUT2D eigenvalue weighted by Gasteiger charge is -2.35. The van der Waals surface area contributed by atoms with Crippen LogP contribution in [0.2, 0.25) is 0 Å². The lowest BCUT2D eigenvalue weighted by atomic mass is 9.78. The fraction of sp³-hybridized carbons (Fsp3) is 0.233. The van der Waals surface area contributed by atoms with E-state index in [9.17, 15) is 23.9 Å². The molecule has 1 heterocycles. The smallest absolute Gasteiger partial charge is 0.303 e. The van der Waals surface area contributed by atoms with Gasteiger partial charge in [0.05, 0.1) is 30.9 Å². The van der Waals surface area contributed by atoms with E-state index in [2.05, 4.69) is 5.32 Å². The van der Waals surface area contributed by atoms with Crippen molar-refractivity contribution in [1.29, 1.82) is 0 Å². The summed E-state index contributed by atoms with van der Waals surface area (Å²) < 4.78 is 19.2. The molecule has 7 nitrogen and oxygen atoms in total. The van der Waals surface area contributed by atoms with Crippen LogP contribution in [0.25, 0.3) is 0 Å². The second kappa shape index (κ2) is 10.5. The summed E-state index contributed by atoms with van der Waals surface area (Å²) in [6.07, 6.45) is 0.168. The molecule has 194 valence electrons. The van der Waals surface area contributed by atoms with Crippen molar-refractivity contribution in [2.75, 3.05) is 17.3 Å². The van der Waals surface area contributed by atoms with Gasteiger partial charge in [0, 0.05) is 24.1 Å². The number of para-hydroxylation sites is 2. The average molecular weight is 515 g/mol. The molecule has 2 aliphatic rings. The minimum Gasteiger partial charge on any atom is -0.497 e. The fourth-order valence-corrected chi connectivity index (χ4v) is 5.27. The van der Waals surface area contributed by atoms with Gasteiger partial charge in [-0.25, -0.2) is 4.39 Å². The maximum absolute atomic E-state index is 13.9. The van der Waals surface area contributed by atoms with E-state index in [0.29, 0.717) is 34.6 Å². The summed E-state index contributed by atoms with van der Waals surface area (Å²) in [5, 5.41) is 12.7. The van der Waals surface area contributed by atoms with Crippen molar-refractivity contribution in [2.45, 2.75) is 37.6 Å². The molecular formula is C30H27FN2O5. The first kappa shape index (κ1) is 25.2. The third-order valence-electron chi connectivity index (χ3n) is 7.08. The van der Waals surface area contributed by atoms with Crippen LogP contribution in [0, 0.1) is 5.82 Å². The second-order valence-electron chi connectivity index (χ2n) is 9.45. The Kier molecular flexibility index (Phi) is 6.96. The van der Waals surface area contributed by atoms with Gasteiger partial charge in [-0.3, -0.25) is 19.3 Å². The van der Waals surface area contributed by atoms with Crippen LogP contribution in [0.1, 0.15) is 48.8 Å². The number of methoxy groups -OCH3 is 1. The van der Waals surface area contributed by atoms with Crippen LogP contribution in [0.3, 0.4) is 0 Å². The molecule has 0 spiro atoms. The number of benzene rings is 3. The normalized spacial score (nSPS) is 18.7. The van der Waals surface area contributed by atoms with Crippen molar-refractivity contribution >= 4 is 29.0 Å². The molecule has 3 aromatic rings. The minimum atomic E-state index is -1.09. The third-order valence-corrected chi connectivity index (χ3v) is 7.08. The Morgan fingerprint density at radius 1 is 0.974 bits per heavy atom. The van der Waals surface area contributed by atoms with E-state index in [1.807, 2.05) is 36.4 Å². The van der Waals surface area contributed by atoms with Gasteiger partial charge in [0.1, 0.15) is 11.6 Å². The number of carbonyl (C=O) groups excluding carboxylic acids is 2. The summed E-state index contributed by atoms with van der Waals surface area (Å²) in [5.41, 5.74) is 3.85. The number of nitrogens with zero attached hydrogens (tertiary/aromatic N) is 1. The van der Waals surface area contributed by atoms with Crippen molar-refractivity contribution in [3.8, 4) is 5.75 Å². The number of halogens is 1. The molecular weight excluding hydrogens is 487 g/mol. The predicted octanol–water partition coefficient (Wildman–Crippen LogP) is 5.60. The summed E-state index contributed by atoms with van der Waals surface area (Å²) in [6.45, 7) is 0. The number of anilines is 2. The molecule has 1 amide bonds. The number of ether oxygens (including phenoxy) is 1. The topological polar surface area (TPSA) is 95.9 Å². The number of hydrogen-bond donors (Lipinski definition) is 2. The van der Waals surface area contributed by atoms with E-state index in [1.165, 1.54) is 17.0 Å². The summed E-state index contributed by atoms with van der Waals surface area (Å²) in [6, 6.07) is 19.7. The first-order chi connectivity index (χ1) is 18.4. The Bertz CT molecular complexity index is 1420. The molecule has 0 radical (unpaired) electrons. The lowest BCUT2D eigenvalue weighted by Crippen LogP contribution is -2.38. The second-order valence-corrected chi connectivity index (χ2v) is 9.45. The zero-order valence-corrected chi connectivity index (χ0v) is 20.8. The van der Waals surface area contributed by atoms with Gasteiger partial charge in [-0.2, -0.15) is 0 Å². The van der Waals surface area contributed by atoms with Gasteiger partial charge in [-0.1, -0.05) is 36.4 Å². The summed E-state index contributed by atoms with van der Waals surface area (Å²) >= 11 is 0. The number of allylic oxidation sites excluding steroid dienone is 1. The fourth-order valence-electron chi connectivity index (χ4n) is 5.27. The molecule has 0 aromatic heterocycles. The average Bonchev–Trinajstić information content (AvgIpc) is 3.07. The summed E-state index contributed by atoms with van der Waals surface area (Å²) in [7, 11) is 1.60. The molecule has 1 aliphatic heterocycles. The van der Waals surface area contributed by atoms with E-state index in [0.717, 1.165) is 11.3 Å². The monoisotopic (exact) mass is 514 g/mol. The van der Waals surface area contributed by atoms with E-state index in [4.69, 9.17) is 4.74 Å². The van der Waals surface area contributed by atoms with E-state index < -0.39 is 23.7 Å². The first-order valence-electron chi connectivity index (χ1n) is 12.4. The van der Waals surface area contributed by atoms with Crippen LogP contribution in [0.4, 0.5) is 15.8 Å². The highest BCUT2D eigenvalue weighted by atomic mass is 19.1. The Morgan fingerprint density at radius 3 is 2.34 bits per heavy atom. The Balaban J connectivity index is 1.65. The summed E-state index contributed by atoms with van der Waals surface area (Å²) in [4.78, 5) is 40.3. The highest BCUT2D eigenvalue weighted by Gasteiger charge is 2.41.